The second-order valence-electron chi connectivity index (χ2n) is 5.41. The van der Waals surface area contributed by atoms with Crippen LogP contribution >= 0.6 is 0 Å². The Kier molecular flexibility index (Phi) is 3.22. The van der Waals surface area contributed by atoms with Crippen molar-refractivity contribution >= 4 is 17.2 Å². The molecule has 3 heterocycles. The molecule has 2 aromatic heterocycles. The first kappa shape index (κ1) is 13.8. The van der Waals surface area contributed by atoms with E-state index in [0.29, 0.717) is 40.8 Å². The summed E-state index contributed by atoms with van der Waals surface area (Å²) in [7, 11) is 0. The Bertz CT molecular complexity index is 916. The average Bonchev–Trinajstić information content (AvgIpc) is 3.01. The lowest BCUT2D eigenvalue weighted by Crippen LogP contribution is -2.03. The summed E-state index contributed by atoms with van der Waals surface area (Å²) in [5, 5.41) is 4.39. The summed E-state index contributed by atoms with van der Waals surface area (Å²) in [6, 6.07) is 10.0. The number of aromatic nitrogens is 3. The molecule has 1 aliphatic rings. The second kappa shape index (κ2) is 5.39. The van der Waals surface area contributed by atoms with Crippen LogP contribution in [-0.4, -0.2) is 21.2 Å². The molecule has 0 unspecified atom stereocenters. The molecule has 3 aromatic rings. The predicted octanol–water partition coefficient (Wildman–Crippen LogP) is 3.27. The zero-order valence-corrected chi connectivity index (χ0v) is 12.4. The number of fused-ring (bicyclic) bond motifs is 1. The molecule has 0 spiro atoms. The van der Waals surface area contributed by atoms with Crippen molar-refractivity contribution in [2.75, 3.05) is 12.3 Å². The molecule has 0 bridgehead atoms. The molecule has 6 heteroatoms. The Morgan fingerprint density at radius 1 is 1.22 bits per heavy atom. The molecule has 0 fully saturated rings. The van der Waals surface area contributed by atoms with Crippen molar-refractivity contribution < 1.29 is 9.13 Å². The van der Waals surface area contributed by atoms with E-state index in [1.54, 1.807) is 34.8 Å². The Hall–Kier alpha value is -2.89. The van der Waals surface area contributed by atoms with Gasteiger partial charge in [-0.15, -0.1) is 5.10 Å². The molecule has 23 heavy (non-hydrogen) atoms. The van der Waals surface area contributed by atoms with Crippen molar-refractivity contribution in [3.05, 3.63) is 54.1 Å². The monoisotopic (exact) mass is 310 g/mol. The minimum Gasteiger partial charge on any atom is -0.490 e. The first-order valence-electron chi connectivity index (χ1n) is 7.47. The van der Waals surface area contributed by atoms with E-state index >= 15 is 0 Å². The quantitative estimate of drug-likeness (QED) is 0.789. The number of halogens is 1. The fourth-order valence-electron chi connectivity index (χ4n) is 2.68. The van der Waals surface area contributed by atoms with E-state index in [1.807, 2.05) is 6.08 Å². The zero-order chi connectivity index (χ0) is 15.8. The molecular weight excluding hydrogens is 295 g/mol. The summed E-state index contributed by atoms with van der Waals surface area (Å²) in [5.74, 6) is 1.28. The van der Waals surface area contributed by atoms with Gasteiger partial charge < -0.3 is 10.5 Å². The summed E-state index contributed by atoms with van der Waals surface area (Å²) in [4.78, 5) is 4.47. The van der Waals surface area contributed by atoms with E-state index in [1.165, 1.54) is 6.07 Å². The first-order chi connectivity index (χ1) is 11.2. The minimum absolute atomic E-state index is 0.297. The molecular formula is C17H15FN4O. The number of nitrogen functional groups attached to an aromatic ring is 1. The number of pyridine rings is 1. The highest BCUT2D eigenvalue weighted by molar-refractivity contribution is 5.72. The predicted molar refractivity (Wildman–Crippen MR) is 86.0 cm³/mol. The SMILES string of the molecule is Nc1cc(-c2ccccc2F)cc2nc(C3=CCCCO3)nn12. The topological polar surface area (TPSA) is 65.4 Å². The Labute approximate surface area is 132 Å². The third-order valence-electron chi connectivity index (χ3n) is 3.81. The summed E-state index contributed by atoms with van der Waals surface area (Å²) < 4.78 is 21.1. The number of benzene rings is 1. The molecule has 1 aromatic carbocycles. The van der Waals surface area contributed by atoms with Crippen molar-refractivity contribution in [2.24, 2.45) is 0 Å². The van der Waals surface area contributed by atoms with Gasteiger partial charge in [0.25, 0.3) is 0 Å². The summed E-state index contributed by atoms with van der Waals surface area (Å²) >= 11 is 0. The lowest BCUT2D eigenvalue weighted by Gasteiger charge is -2.11. The molecule has 0 aliphatic carbocycles. The number of nitrogens with two attached hydrogens (primary N) is 1. The number of anilines is 1. The van der Waals surface area contributed by atoms with Crippen LogP contribution < -0.4 is 5.73 Å². The van der Waals surface area contributed by atoms with Gasteiger partial charge in [0.05, 0.1) is 6.61 Å². The number of nitrogens with zero attached hydrogens (tertiary/aromatic N) is 3. The number of hydrogen-bond acceptors (Lipinski definition) is 4. The van der Waals surface area contributed by atoms with Crippen molar-refractivity contribution in [2.45, 2.75) is 12.8 Å². The lowest BCUT2D eigenvalue weighted by atomic mass is 10.1. The number of allylic oxidation sites excluding steroid dienone is 1. The smallest absolute Gasteiger partial charge is 0.217 e. The van der Waals surface area contributed by atoms with Crippen LogP contribution in [0.25, 0.3) is 22.5 Å². The molecule has 2 N–H and O–H groups in total. The number of ether oxygens (including phenoxy) is 1. The van der Waals surface area contributed by atoms with Crippen LogP contribution in [0.1, 0.15) is 18.7 Å². The van der Waals surface area contributed by atoms with Gasteiger partial charge in [0.1, 0.15) is 11.6 Å². The van der Waals surface area contributed by atoms with E-state index < -0.39 is 0 Å². The molecule has 1 aliphatic heterocycles. The Balaban J connectivity index is 1.84. The normalized spacial score (nSPS) is 14.6. The minimum atomic E-state index is -0.297. The maximum atomic E-state index is 14.0. The third kappa shape index (κ3) is 2.42. The fraction of sp³-hybridized carbons (Fsp3) is 0.176. The lowest BCUT2D eigenvalue weighted by molar-refractivity contribution is 0.256. The van der Waals surface area contributed by atoms with Crippen LogP contribution in [0, 0.1) is 5.82 Å². The summed E-state index contributed by atoms with van der Waals surface area (Å²) in [5.41, 5.74) is 7.79. The van der Waals surface area contributed by atoms with Crippen molar-refractivity contribution in [1.29, 1.82) is 0 Å². The Morgan fingerprint density at radius 3 is 2.87 bits per heavy atom. The van der Waals surface area contributed by atoms with Gasteiger partial charge in [-0.2, -0.15) is 4.52 Å². The number of hydrogen-bond donors (Lipinski definition) is 1. The van der Waals surface area contributed by atoms with Gasteiger partial charge in [0, 0.05) is 5.56 Å². The standard InChI is InChI=1S/C17H15FN4O/c18-13-6-2-1-5-12(13)11-9-15(19)22-16(10-11)20-17(21-22)14-7-3-4-8-23-14/h1-2,5-7,9-10H,3-4,8,19H2. The second-order valence-corrected chi connectivity index (χ2v) is 5.41. The van der Waals surface area contributed by atoms with Crippen molar-refractivity contribution in [1.82, 2.24) is 14.6 Å². The third-order valence-corrected chi connectivity index (χ3v) is 3.81. The van der Waals surface area contributed by atoms with E-state index in [2.05, 4.69) is 10.1 Å². The Morgan fingerprint density at radius 2 is 2.09 bits per heavy atom. The molecule has 0 atom stereocenters. The molecule has 0 amide bonds. The molecule has 5 nitrogen and oxygen atoms in total. The fourth-order valence-corrected chi connectivity index (χ4v) is 2.68. The van der Waals surface area contributed by atoms with E-state index in [0.717, 1.165) is 12.8 Å². The van der Waals surface area contributed by atoms with Gasteiger partial charge in [-0.1, -0.05) is 18.2 Å². The van der Waals surface area contributed by atoms with Crippen LogP contribution in [0.2, 0.25) is 0 Å². The van der Waals surface area contributed by atoms with E-state index in [-0.39, 0.29) is 5.82 Å². The van der Waals surface area contributed by atoms with E-state index in [9.17, 15) is 4.39 Å². The molecule has 0 saturated carbocycles. The van der Waals surface area contributed by atoms with Crippen molar-refractivity contribution in [3.8, 4) is 11.1 Å². The van der Waals surface area contributed by atoms with Gasteiger partial charge in [-0.25, -0.2) is 9.37 Å². The first-order valence-corrected chi connectivity index (χ1v) is 7.47. The summed E-state index contributed by atoms with van der Waals surface area (Å²) in [6.45, 7) is 0.664. The molecule has 0 saturated heterocycles. The molecule has 0 radical (unpaired) electrons. The van der Waals surface area contributed by atoms with Crippen LogP contribution in [0.3, 0.4) is 0 Å². The zero-order valence-electron chi connectivity index (χ0n) is 12.4. The van der Waals surface area contributed by atoms with Gasteiger partial charge in [-0.3, -0.25) is 0 Å². The van der Waals surface area contributed by atoms with Gasteiger partial charge in [0.2, 0.25) is 5.82 Å². The largest absolute Gasteiger partial charge is 0.490 e. The van der Waals surface area contributed by atoms with Crippen LogP contribution in [0.15, 0.2) is 42.5 Å². The van der Waals surface area contributed by atoms with Crippen molar-refractivity contribution in [3.63, 3.8) is 0 Å². The molecule has 116 valence electrons. The highest BCUT2D eigenvalue weighted by Gasteiger charge is 2.16. The van der Waals surface area contributed by atoms with Crippen LogP contribution in [-0.2, 0) is 4.74 Å². The van der Waals surface area contributed by atoms with Gasteiger partial charge in [0.15, 0.2) is 11.4 Å². The van der Waals surface area contributed by atoms with Gasteiger partial charge in [-0.05, 0) is 42.7 Å². The van der Waals surface area contributed by atoms with E-state index in [4.69, 9.17) is 10.5 Å². The van der Waals surface area contributed by atoms with Crippen LogP contribution in [0.5, 0.6) is 0 Å². The van der Waals surface area contributed by atoms with Gasteiger partial charge >= 0.3 is 0 Å². The maximum absolute atomic E-state index is 14.0. The highest BCUT2D eigenvalue weighted by atomic mass is 19.1. The van der Waals surface area contributed by atoms with Crippen LogP contribution in [0.4, 0.5) is 10.2 Å². The molecule has 4 rings (SSSR count). The maximum Gasteiger partial charge on any atom is 0.217 e. The average molecular weight is 310 g/mol. The highest BCUT2D eigenvalue weighted by Crippen LogP contribution is 2.27. The number of rotatable bonds is 2. The summed E-state index contributed by atoms with van der Waals surface area (Å²) in [6.07, 6.45) is 3.92.